The van der Waals surface area contributed by atoms with E-state index in [0.717, 1.165) is 18.7 Å². The molecule has 4 heteroatoms. The fraction of sp³-hybridized carbons (Fsp3) is 0.571. The van der Waals surface area contributed by atoms with Gasteiger partial charge in [0.25, 0.3) is 0 Å². The molecule has 1 aromatic carbocycles. The topological polar surface area (TPSA) is 12.5 Å². The maximum Gasteiger partial charge on any atom is 0.242 e. The van der Waals surface area contributed by atoms with E-state index >= 15 is 0 Å². The third kappa shape index (κ3) is 2.21. The van der Waals surface area contributed by atoms with Crippen LogP contribution in [0.15, 0.2) is 24.3 Å². The van der Waals surface area contributed by atoms with E-state index in [2.05, 4.69) is 11.0 Å². The standard InChI is InChI=1S/C14H17F2NO/c15-14(16)11-5-6-17(8-11)12-7-10-3-1-2-4-13(10)18-9-12/h1-4,11-12,14H,5-9H2. The molecule has 0 aromatic heterocycles. The molecule has 1 aromatic rings. The zero-order valence-corrected chi connectivity index (χ0v) is 10.2. The number of ether oxygens (including phenoxy) is 1. The van der Waals surface area contributed by atoms with E-state index in [1.807, 2.05) is 18.2 Å². The van der Waals surface area contributed by atoms with Crippen molar-refractivity contribution < 1.29 is 13.5 Å². The molecule has 0 amide bonds. The van der Waals surface area contributed by atoms with Crippen LogP contribution in [0.3, 0.4) is 0 Å². The average Bonchev–Trinajstić information content (AvgIpc) is 2.88. The summed E-state index contributed by atoms with van der Waals surface area (Å²) in [4.78, 5) is 2.16. The number of alkyl halides is 2. The quantitative estimate of drug-likeness (QED) is 0.803. The fourth-order valence-corrected chi connectivity index (χ4v) is 2.90. The number of hydrogen-bond donors (Lipinski definition) is 0. The highest BCUT2D eigenvalue weighted by molar-refractivity contribution is 5.35. The van der Waals surface area contributed by atoms with Crippen LogP contribution in [0.1, 0.15) is 12.0 Å². The van der Waals surface area contributed by atoms with E-state index in [1.54, 1.807) is 0 Å². The molecule has 1 saturated heterocycles. The smallest absolute Gasteiger partial charge is 0.242 e. The number of halogens is 2. The Labute approximate surface area is 106 Å². The lowest BCUT2D eigenvalue weighted by atomic mass is 10.0. The minimum absolute atomic E-state index is 0.253. The molecular weight excluding hydrogens is 236 g/mol. The molecule has 0 N–H and O–H groups in total. The zero-order chi connectivity index (χ0) is 12.5. The van der Waals surface area contributed by atoms with E-state index < -0.39 is 12.3 Å². The predicted molar refractivity (Wildman–Crippen MR) is 65.1 cm³/mol. The predicted octanol–water partition coefficient (Wildman–Crippen LogP) is 2.58. The molecule has 3 rings (SSSR count). The lowest BCUT2D eigenvalue weighted by Gasteiger charge is -2.32. The summed E-state index contributed by atoms with van der Waals surface area (Å²) in [5.74, 6) is 0.487. The molecule has 2 aliphatic rings. The van der Waals surface area contributed by atoms with Crippen molar-refractivity contribution in [2.24, 2.45) is 5.92 Å². The van der Waals surface area contributed by atoms with Gasteiger partial charge in [0.15, 0.2) is 0 Å². The number of rotatable bonds is 2. The highest BCUT2D eigenvalue weighted by Crippen LogP contribution is 2.30. The number of benzene rings is 1. The maximum atomic E-state index is 12.7. The second kappa shape index (κ2) is 4.84. The Balaban J connectivity index is 1.66. The Bertz CT molecular complexity index is 424. The van der Waals surface area contributed by atoms with Gasteiger partial charge in [-0.3, -0.25) is 4.90 Å². The van der Waals surface area contributed by atoms with Crippen LogP contribution in [-0.4, -0.2) is 37.1 Å². The first-order chi connectivity index (χ1) is 8.74. The van der Waals surface area contributed by atoms with Crippen molar-refractivity contribution in [3.8, 4) is 5.75 Å². The largest absolute Gasteiger partial charge is 0.492 e. The van der Waals surface area contributed by atoms with Crippen LogP contribution < -0.4 is 4.74 Å². The Hall–Kier alpha value is -1.16. The van der Waals surface area contributed by atoms with Crippen molar-refractivity contribution >= 4 is 0 Å². The second-order valence-corrected chi connectivity index (χ2v) is 5.15. The van der Waals surface area contributed by atoms with Crippen molar-refractivity contribution in [3.05, 3.63) is 29.8 Å². The van der Waals surface area contributed by atoms with Crippen LogP contribution in [0.4, 0.5) is 8.78 Å². The minimum Gasteiger partial charge on any atom is -0.492 e. The third-order valence-corrected chi connectivity index (χ3v) is 3.99. The van der Waals surface area contributed by atoms with Gasteiger partial charge in [0, 0.05) is 18.5 Å². The first-order valence-electron chi connectivity index (χ1n) is 6.47. The maximum absolute atomic E-state index is 12.7. The number of nitrogens with zero attached hydrogens (tertiary/aromatic N) is 1. The zero-order valence-electron chi connectivity index (χ0n) is 10.2. The van der Waals surface area contributed by atoms with Gasteiger partial charge < -0.3 is 4.74 Å². The van der Waals surface area contributed by atoms with E-state index in [-0.39, 0.29) is 6.04 Å². The molecule has 2 atom stereocenters. The van der Waals surface area contributed by atoms with Crippen LogP contribution in [-0.2, 0) is 6.42 Å². The van der Waals surface area contributed by atoms with Crippen LogP contribution in [0, 0.1) is 5.92 Å². The van der Waals surface area contributed by atoms with Gasteiger partial charge in [-0.15, -0.1) is 0 Å². The van der Waals surface area contributed by atoms with Crippen LogP contribution in [0.2, 0.25) is 0 Å². The Kier molecular flexibility index (Phi) is 3.20. The second-order valence-electron chi connectivity index (χ2n) is 5.15. The number of fused-ring (bicyclic) bond motifs is 1. The summed E-state index contributed by atoms with van der Waals surface area (Å²) in [6.07, 6.45) is -0.672. The van der Waals surface area contributed by atoms with Gasteiger partial charge >= 0.3 is 0 Å². The summed E-state index contributed by atoms with van der Waals surface area (Å²) in [6.45, 7) is 1.89. The summed E-state index contributed by atoms with van der Waals surface area (Å²) >= 11 is 0. The monoisotopic (exact) mass is 253 g/mol. The first-order valence-corrected chi connectivity index (χ1v) is 6.47. The summed E-state index contributed by atoms with van der Waals surface area (Å²) < 4.78 is 31.0. The Morgan fingerprint density at radius 2 is 2.11 bits per heavy atom. The van der Waals surface area contributed by atoms with Gasteiger partial charge in [-0.05, 0) is 31.0 Å². The first kappa shape index (κ1) is 11.9. The molecule has 0 saturated carbocycles. The molecule has 2 nitrogen and oxygen atoms in total. The van der Waals surface area contributed by atoms with Gasteiger partial charge in [-0.25, -0.2) is 8.78 Å². The molecular formula is C14H17F2NO. The normalized spacial score (nSPS) is 28.2. The highest BCUT2D eigenvalue weighted by atomic mass is 19.3. The summed E-state index contributed by atoms with van der Waals surface area (Å²) in [6, 6.07) is 8.24. The van der Waals surface area contributed by atoms with Gasteiger partial charge in [-0.1, -0.05) is 18.2 Å². The van der Waals surface area contributed by atoms with E-state index in [9.17, 15) is 8.78 Å². The summed E-state index contributed by atoms with van der Waals surface area (Å²) in [5.41, 5.74) is 1.19. The summed E-state index contributed by atoms with van der Waals surface area (Å²) in [7, 11) is 0. The summed E-state index contributed by atoms with van der Waals surface area (Å²) in [5, 5.41) is 0. The fourth-order valence-electron chi connectivity index (χ4n) is 2.90. The lowest BCUT2D eigenvalue weighted by Crippen LogP contribution is -2.42. The van der Waals surface area contributed by atoms with Gasteiger partial charge in [0.05, 0.1) is 0 Å². The van der Waals surface area contributed by atoms with Crippen molar-refractivity contribution in [1.82, 2.24) is 4.90 Å². The van der Waals surface area contributed by atoms with E-state index in [4.69, 9.17) is 4.74 Å². The molecule has 0 bridgehead atoms. The molecule has 18 heavy (non-hydrogen) atoms. The molecule has 0 aliphatic carbocycles. The van der Waals surface area contributed by atoms with E-state index in [0.29, 0.717) is 19.6 Å². The lowest BCUT2D eigenvalue weighted by molar-refractivity contribution is 0.0710. The highest BCUT2D eigenvalue weighted by Gasteiger charge is 2.34. The van der Waals surface area contributed by atoms with Crippen molar-refractivity contribution in [2.45, 2.75) is 25.3 Å². The molecule has 0 radical (unpaired) electrons. The van der Waals surface area contributed by atoms with Crippen LogP contribution >= 0.6 is 0 Å². The third-order valence-electron chi connectivity index (χ3n) is 3.99. The Morgan fingerprint density at radius 3 is 2.89 bits per heavy atom. The molecule has 1 fully saturated rings. The molecule has 0 spiro atoms. The van der Waals surface area contributed by atoms with Crippen molar-refractivity contribution in [1.29, 1.82) is 0 Å². The molecule has 2 heterocycles. The average molecular weight is 253 g/mol. The van der Waals surface area contributed by atoms with Crippen molar-refractivity contribution in [3.63, 3.8) is 0 Å². The molecule has 98 valence electrons. The van der Waals surface area contributed by atoms with Crippen LogP contribution in [0.25, 0.3) is 0 Å². The SMILES string of the molecule is FC(F)C1CCN(C2COc3ccccc3C2)C1. The number of para-hydroxylation sites is 1. The van der Waals surface area contributed by atoms with E-state index in [1.165, 1.54) is 5.56 Å². The minimum atomic E-state index is -2.19. The van der Waals surface area contributed by atoms with Gasteiger partial charge in [0.1, 0.15) is 12.4 Å². The Morgan fingerprint density at radius 1 is 1.28 bits per heavy atom. The number of likely N-dealkylation sites (tertiary alicyclic amines) is 1. The molecule has 2 aliphatic heterocycles. The number of hydrogen-bond acceptors (Lipinski definition) is 2. The van der Waals surface area contributed by atoms with Gasteiger partial charge in [0.2, 0.25) is 6.43 Å². The molecule has 2 unspecified atom stereocenters. The van der Waals surface area contributed by atoms with Crippen LogP contribution in [0.5, 0.6) is 5.75 Å². The van der Waals surface area contributed by atoms with Gasteiger partial charge in [-0.2, -0.15) is 0 Å². The van der Waals surface area contributed by atoms with Crippen molar-refractivity contribution in [2.75, 3.05) is 19.7 Å².